The van der Waals surface area contributed by atoms with Crippen LogP contribution in [0.15, 0.2) is 48.5 Å². The van der Waals surface area contributed by atoms with E-state index < -0.39 is 6.04 Å². The first kappa shape index (κ1) is 24.8. The van der Waals surface area contributed by atoms with Crippen molar-refractivity contribution in [1.82, 2.24) is 9.80 Å². The van der Waals surface area contributed by atoms with Crippen molar-refractivity contribution >= 4 is 23.2 Å². The van der Waals surface area contributed by atoms with Gasteiger partial charge in [-0.1, -0.05) is 31.0 Å². The number of fused-ring (bicyclic) bond motifs is 1. The Bertz CT molecular complexity index is 1080. The third-order valence-electron chi connectivity index (χ3n) is 8.40. The minimum atomic E-state index is -0.543. The van der Waals surface area contributed by atoms with E-state index in [9.17, 15) is 9.59 Å². The van der Waals surface area contributed by atoms with Gasteiger partial charge in [0.15, 0.2) is 0 Å². The molecule has 0 aromatic heterocycles. The van der Waals surface area contributed by atoms with Gasteiger partial charge in [0.25, 0.3) is 5.91 Å². The molecule has 192 valence electrons. The summed E-state index contributed by atoms with van der Waals surface area (Å²) in [5, 5.41) is 2.92. The van der Waals surface area contributed by atoms with Gasteiger partial charge in [0, 0.05) is 36.4 Å². The molecule has 2 aliphatic heterocycles. The van der Waals surface area contributed by atoms with Crippen molar-refractivity contribution in [1.29, 1.82) is 0 Å². The number of amides is 2. The fraction of sp³-hybridized carbons (Fsp3) is 0.517. The van der Waals surface area contributed by atoms with E-state index in [1.807, 2.05) is 35.2 Å². The molecule has 5 rings (SSSR count). The van der Waals surface area contributed by atoms with Gasteiger partial charge in [-0.05, 0) is 82.4 Å². The molecule has 3 fully saturated rings. The lowest BCUT2D eigenvalue weighted by atomic mass is 9.84. The monoisotopic (exact) mass is 492 g/mol. The number of halogens is 1. The Labute approximate surface area is 213 Å². The Kier molecular flexibility index (Phi) is 7.28. The highest BCUT2D eigenvalue weighted by molar-refractivity contribution is 6.02. The summed E-state index contributed by atoms with van der Waals surface area (Å²) in [6, 6.07) is 14.2. The molecule has 0 radical (unpaired) electrons. The Hall–Kier alpha value is -2.93. The molecule has 7 heteroatoms. The van der Waals surface area contributed by atoms with E-state index in [4.69, 9.17) is 0 Å². The number of hydrogen-bond donors (Lipinski definition) is 1. The molecule has 1 aliphatic carbocycles. The summed E-state index contributed by atoms with van der Waals surface area (Å²) in [5.41, 5.74) is 1.62. The van der Waals surface area contributed by atoms with Crippen molar-refractivity contribution in [2.75, 3.05) is 37.4 Å². The molecule has 1 saturated carbocycles. The second-order valence-corrected chi connectivity index (χ2v) is 10.8. The highest BCUT2D eigenvalue weighted by Gasteiger charge is 2.47. The van der Waals surface area contributed by atoms with Crippen molar-refractivity contribution < 1.29 is 14.0 Å². The molecule has 2 saturated heterocycles. The summed E-state index contributed by atoms with van der Waals surface area (Å²) in [6.07, 6.45) is 6.85. The number of carbonyl (C=O) groups excluding carboxylic acids is 2. The average Bonchev–Trinajstić information content (AvgIpc) is 3.29. The van der Waals surface area contributed by atoms with Gasteiger partial charge in [-0.15, -0.1) is 0 Å². The summed E-state index contributed by atoms with van der Waals surface area (Å²) in [5.74, 6) is -0.305. The van der Waals surface area contributed by atoms with Crippen molar-refractivity contribution in [2.24, 2.45) is 5.92 Å². The quantitative estimate of drug-likeness (QED) is 0.654. The van der Waals surface area contributed by atoms with E-state index in [1.54, 1.807) is 12.1 Å². The predicted octanol–water partition coefficient (Wildman–Crippen LogP) is 4.77. The molecular weight excluding hydrogens is 455 g/mol. The zero-order valence-corrected chi connectivity index (χ0v) is 21.3. The van der Waals surface area contributed by atoms with E-state index >= 15 is 4.39 Å². The Balaban J connectivity index is 1.30. The Morgan fingerprint density at radius 2 is 1.69 bits per heavy atom. The third kappa shape index (κ3) is 4.99. The zero-order chi connectivity index (χ0) is 25.2. The molecule has 3 unspecified atom stereocenters. The van der Waals surface area contributed by atoms with Gasteiger partial charge in [0.05, 0.1) is 5.69 Å². The molecular formula is C29H37FN4O2. The summed E-state index contributed by atoms with van der Waals surface area (Å²) >= 11 is 0. The van der Waals surface area contributed by atoms with Gasteiger partial charge in [-0.25, -0.2) is 4.39 Å². The van der Waals surface area contributed by atoms with Crippen LogP contribution in [0.5, 0.6) is 0 Å². The minimum absolute atomic E-state index is 0.0893. The number of benzene rings is 2. The standard InChI is InChI=1S/C29H37FN4O2/c1-32(2)23-14-16-33(17-15-23)26-13-12-22(19-24(26)30)31-28(35)27-18-21-10-6-7-11-25(21)34(27)29(36)20-8-4-3-5-9-20/h3-5,8-9,12-13,19,21,23,25,27H,6-7,10-11,14-18H2,1-2H3,(H,31,35). The maximum atomic E-state index is 15.1. The molecule has 0 spiro atoms. The minimum Gasteiger partial charge on any atom is -0.369 e. The lowest BCUT2D eigenvalue weighted by molar-refractivity contribution is -0.120. The molecule has 6 nitrogen and oxygen atoms in total. The van der Waals surface area contributed by atoms with Crippen molar-refractivity contribution in [3.05, 3.63) is 59.9 Å². The second-order valence-electron chi connectivity index (χ2n) is 10.8. The van der Waals surface area contributed by atoms with E-state index in [1.165, 1.54) is 6.07 Å². The molecule has 3 atom stereocenters. The summed E-state index contributed by atoms with van der Waals surface area (Å²) < 4.78 is 15.1. The number of carbonyl (C=O) groups is 2. The highest BCUT2D eigenvalue weighted by atomic mass is 19.1. The largest absolute Gasteiger partial charge is 0.369 e. The van der Waals surface area contributed by atoms with Crippen LogP contribution in [-0.4, -0.2) is 66.9 Å². The molecule has 3 aliphatic rings. The van der Waals surface area contributed by atoms with Gasteiger partial charge in [-0.2, -0.15) is 0 Å². The number of hydrogen-bond acceptors (Lipinski definition) is 4. The molecule has 2 aromatic rings. The molecule has 1 N–H and O–H groups in total. The first-order valence-corrected chi connectivity index (χ1v) is 13.3. The maximum absolute atomic E-state index is 15.1. The normalized spacial score (nSPS) is 24.6. The van der Waals surface area contributed by atoms with Gasteiger partial charge < -0.3 is 20.0 Å². The summed E-state index contributed by atoms with van der Waals surface area (Å²) in [6.45, 7) is 1.62. The zero-order valence-electron chi connectivity index (χ0n) is 21.3. The topological polar surface area (TPSA) is 55.9 Å². The SMILES string of the molecule is CN(C)C1CCN(c2ccc(NC(=O)C3CC4CCCCC4N3C(=O)c3ccccc3)cc2F)CC1. The lowest BCUT2D eigenvalue weighted by Crippen LogP contribution is -2.47. The highest BCUT2D eigenvalue weighted by Crippen LogP contribution is 2.41. The van der Waals surface area contributed by atoms with Gasteiger partial charge in [-0.3, -0.25) is 9.59 Å². The number of piperidine rings is 1. The number of rotatable bonds is 5. The first-order chi connectivity index (χ1) is 17.4. The van der Waals surface area contributed by atoms with Crippen molar-refractivity contribution in [3.8, 4) is 0 Å². The molecule has 2 amide bonds. The van der Waals surface area contributed by atoms with E-state index in [2.05, 4.69) is 29.2 Å². The molecule has 2 heterocycles. The van der Waals surface area contributed by atoms with Crippen LogP contribution in [0.4, 0.5) is 15.8 Å². The molecule has 36 heavy (non-hydrogen) atoms. The fourth-order valence-corrected chi connectivity index (χ4v) is 6.41. The van der Waals surface area contributed by atoms with Gasteiger partial charge in [0.2, 0.25) is 5.91 Å². The first-order valence-electron chi connectivity index (χ1n) is 13.3. The number of likely N-dealkylation sites (tertiary alicyclic amines) is 1. The number of nitrogens with one attached hydrogen (secondary N) is 1. The van der Waals surface area contributed by atoms with Gasteiger partial charge >= 0.3 is 0 Å². The summed E-state index contributed by atoms with van der Waals surface area (Å²) in [4.78, 5) is 33.1. The van der Waals surface area contributed by atoms with Crippen LogP contribution < -0.4 is 10.2 Å². The van der Waals surface area contributed by atoms with Crippen LogP contribution in [0.25, 0.3) is 0 Å². The van der Waals surface area contributed by atoms with Crippen LogP contribution in [0.1, 0.15) is 55.3 Å². The second kappa shape index (κ2) is 10.6. The van der Waals surface area contributed by atoms with E-state index in [-0.39, 0.29) is 23.7 Å². The number of nitrogens with zero attached hydrogens (tertiary/aromatic N) is 3. The van der Waals surface area contributed by atoms with Gasteiger partial charge in [0.1, 0.15) is 11.9 Å². The predicted molar refractivity (Wildman–Crippen MR) is 141 cm³/mol. The van der Waals surface area contributed by atoms with Crippen LogP contribution in [0.2, 0.25) is 0 Å². The summed E-state index contributed by atoms with van der Waals surface area (Å²) in [7, 11) is 4.18. The maximum Gasteiger partial charge on any atom is 0.254 e. The van der Waals surface area contributed by atoms with Crippen molar-refractivity contribution in [3.63, 3.8) is 0 Å². The lowest BCUT2D eigenvalue weighted by Gasteiger charge is -2.36. The van der Waals surface area contributed by atoms with Crippen LogP contribution in [0, 0.1) is 11.7 Å². The third-order valence-corrected chi connectivity index (χ3v) is 8.40. The fourth-order valence-electron chi connectivity index (χ4n) is 6.41. The molecule has 0 bridgehead atoms. The van der Waals surface area contributed by atoms with Crippen LogP contribution in [0.3, 0.4) is 0 Å². The number of anilines is 2. The van der Waals surface area contributed by atoms with E-state index in [0.717, 1.165) is 51.6 Å². The Morgan fingerprint density at radius 1 is 0.972 bits per heavy atom. The smallest absolute Gasteiger partial charge is 0.254 e. The van der Waals surface area contributed by atoms with Crippen LogP contribution >= 0.6 is 0 Å². The average molecular weight is 493 g/mol. The van der Waals surface area contributed by atoms with E-state index in [0.29, 0.717) is 35.3 Å². The Morgan fingerprint density at radius 3 is 2.39 bits per heavy atom. The van der Waals surface area contributed by atoms with Crippen LogP contribution in [-0.2, 0) is 4.79 Å². The molecule has 2 aromatic carbocycles. The van der Waals surface area contributed by atoms with Crippen molar-refractivity contribution in [2.45, 2.75) is 63.1 Å².